The van der Waals surface area contributed by atoms with Gasteiger partial charge in [-0.05, 0) is 55.5 Å². The van der Waals surface area contributed by atoms with Crippen LogP contribution in [0.2, 0.25) is 0 Å². The van der Waals surface area contributed by atoms with Gasteiger partial charge in [-0.1, -0.05) is 12.1 Å². The third kappa shape index (κ3) is 3.14. The number of hydrogen-bond donors (Lipinski definition) is 1. The first kappa shape index (κ1) is 16.6. The van der Waals surface area contributed by atoms with Crippen molar-refractivity contribution in [2.75, 3.05) is 24.6 Å². The summed E-state index contributed by atoms with van der Waals surface area (Å²) in [4.78, 5) is 26.9. The molecule has 0 unspecified atom stereocenters. The SMILES string of the molecule is CCOc1ccc(-c2ccnc3nc(N4CCCCC4)[nH]c(=O)c23)cc1. The number of hydrogen-bond acceptors (Lipinski definition) is 5. The highest BCUT2D eigenvalue weighted by molar-refractivity contribution is 5.92. The first-order valence-corrected chi connectivity index (χ1v) is 9.13. The summed E-state index contributed by atoms with van der Waals surface area (Å²) in [5.41, 5.74) is 2.11. The lowest BCUT2D eigenvalue weighted by Crippen LogP contribution is -2.32. The Balaban J connectivity index is 1.77. The van der Waals surface area contributed by atoms with Crippen molar-refractivity contribution in [3.63, 3.8) is 0 Å². The van der Waals surface area contributed by atoms with Crippen molar-refractivity contribution in [3.8, 4) is 16.9 Å². The van der Waals surface area contributed by atoms with Crippen molar-refractivity contribution in [2.24, 2.45) is 0 Å². The van der Waals surface area contributed by atoms with Gasteiger partial charge in [-0.25, -0.2) is 4.98 Å². The highest BCUT2D eigenvalue weighted by Crippen LogP contribution is 2.27. The molecule has 0 atom stereocenters. The number of pyridine rings is 1. The summed E-state index contributed by atoms with van der Waals surface area (Å²) < 4.78 is 5.49. The Morgan fingerprint density at radius 2 is 1.88 bits per heavy atom. The highest BCUT2D eigenvalue weighted by Gasteiger charge is 2.17. The molecule has 1 fully saturated rings. The molecule has 0 spiro atoms. The first-order valence-electron chi connectivity index (χ1n) is 9.13. The molecule has 6 nitrogen and oxygen atoms in total. The molecule has 3 aromatic rings. The number of nitrogens with zero attached hydrogens (tertiary/aromatic N) is 3. The maximum Gasteiger partial charge on any atom is 0.262 e. The fourth-order valence-electron chi connectivity index (χ4n) is 3.45. The van der Waals surface area contributed by atoms with E-state index in [0.29, 0.717) is 23.6 Å². The van der Waals surface area contributed by atoms with E-state index in [4.69, 9.17) is 4.74 Å². The number of piperidine rings is 1. The number of rotatable bonds is 4. The Hall–Kier alpha value is -2.89. The maximum absolute atomic E-state index is 12.8. The van der Waals surface area contributed by atoms with Crippen LogP contribution in [0, 0.1) is 0 Å². The molecule has 1 aromatic carbocycles. The van der Waals surface area contributed by atoms with E-state index in [1.165, 1.54) is 6.42 Å². The number of aromatic nitrogens is 3. The van der Waals surface area contributed by atoms with Crippen molar-refractivity contribution in [1.82, 2.24) is 15.0 Å². The van der Waals surface area contributed by atoms with Crippen LogP contribution in [-0.4, -0.2) is 34.6 Å². The standard InChI is InChI=1S/C20H22N4O2/c1-2-26-15-8-6-14(7-9-15)16-10-11-21-18-17(16)19(25)23-20(22-18)24-12-4-3-5-13-24/h6-11H,2-5,12-13H2,1H3,(H,21,22,23,25). The van der Waals surface area contributed by atoms with Crippen molar-refractivity contribution in [2.45, 2.75) is 26.2 Å². The van der Waals surface area contributed by atoms with Gasteiger partial charge in [0.05, 0.1) is 12.0 Å². The largest absolute Gasteiger partial charge is 0.494 e. The molecule has 0 saturated carbocycles. The number of nitrogens with one attached hydrogen (secondary N) is 1. The van der Waals surface area contributed by atoms with Crippen LogP contribution in [0.5, 0.6) is 5.75 Å². The van der Waals surface area contributed by atoms with E-state index < -0.39 is 0 Å². The fourth-order valence-corrected chi connectivity index (χ4v) is 3.45. The van der Waals surface area contributed by atoms with Crippen LogP contribution in [0.4, 0.5) is 5.95 Å². The smallest absolute Gasteiger partial charge is 0.262 e. The second kappa shape index (κ2) is 7.15. The molecule has 26 heavy (non-hydrogen) atoms. The minimum atomic E-state index is -0.146. The monoisotopic (exact) mass is 350 g/mol. The van der Waals surface area contributed by atoms with Gasteiger partial charge in [0.15, 0.2) is 5.65 Å². The van der Waals surface area contributed by atoms with E-state index in [-0.39, 0.29) is 5.56 Å². The van der Waals surface area contributed by atoms with Crippen LogP contribution in [-0.2, 0) is 0 Å². The number of anilines is 1. The maximum atomic E-state index is 12.8. The molecule has 1 aliphatic rings. The first-order chi connectivity index (χ1) is 12.8. The van der Waals surface area contributed by atoms with Crippen LogP contribution in [0.25, 0.3) is 22.2 Å². The Bertz CT molecular complexity index is 960. The van der Waals surface area contributed by atoms with Crippen LogP contribution in [0.15, 0.2) is 41.3 Å². The predicted molar refractivity (Wildman–Crippen MR) is 103 cm³/mol. The summed E-state index contributed by atoms with van der Waals surface area (Å²) in [5, 5.41) is 0.525. The fraction of sp³-hybridized carbons (Fsp3) is 0.350. The molecule has 6 heteroatoms. The summed E-state index contributed by atoms with van der Waals surface area (Å²) in [6.45, 7) is 4.43. The van der Waals surface area contributed by atoms with Crippen molar-refractivity contribution in [3.05, 3.63) is 46.9 Å². The van der Waals surface area contributed by atoms with Crippen LogP contribution in [0.1, 0.15) is 26.2 Å². The number of H-pyrrole nitrogens is 1. The molecule has 2 aromatic heterocycles. The minimum absolute atomic E-state index is 0.146. The van der Waals surface area contributed by atoms with E-state index in [0.717, 1.165) is 42.8 Å². The Kier molecular flexibility index (Phi) is 4.56. The number of benzene rings is 1. The molecule has 4 rings (SSSR count). The number of ether oxygens (including phenoxy) is 1. The molecule has 3 heterocycles. The van der Waals surface area contributed by atoms with Gasteiger partial charge in [0, 0.05) is 19.3 Å². The number of aromatic amines is 1. The molecular weight excluding hydrogens is 328 g/mol. The average Bonchev–Trinajstić information content (AvgIpc) is 2.69. The van der Waals surface area contributed by atoms with Gasteiger partial charge in [-0.15, -0.1) is 0 Å². The molecule has 0 amide bonds. The zero-order chi connectivity index (χ0) is 17.9. The van der Waals surface area contributed by atoms with Crippen LogP contribution < -0.4 is 15.2 Å². The molecule has 0 bridgehead atoms. The molecule has 1 aliphatic heterocycles. The quantitative estimate of drug-likeness (QED) is 0.781. The van der Waals surface area contributed by atoms with Crippen LogP contribution >= 0.6 is 0 Å². The predicted octanol–water partition coefficient (Wildman–Crippen LogP) is 3.37. The lowest BCUT2D eigenvalue weighted by molar-refractivity contribution is 0.340. The van der Waals surface area contributed by atoms with Crippen molar-refractivity contribution in [1.29, 1.82) is 0 Å². The molecule has 1 saturated heterocycles. The molecule has 134 valence electrons. The van der Waals surface area contributed by atoms with E-state index in [1.54, 1.807) is 6.20 Å². The normalized spacial score (nSPS) is 14.6. The summed E-state index contributed by atoms with van der Waals surface area (Å²) in [7, 11) is 0. The lowest BCUT2D eigenvalue weighted by Gasteiger charge is -2.27. The van der Waals surface area contributed by atoms with Gasteiger partial charge in [-0.3, -0.25) is 9.78 Å². The van der Waals surface area contributed by atoms with E-state index >= 15 is 0 Å². The topological polar surface area (TPSA) is 71.1 Å². The minimum Gasteiger partial charge on any atom is -0.494 e. The highest BCUT2D eigenvalue weighted by atomic mass is 16.5. The zero-order valence-electron chi connectivity index (χ0n) is 14.9. The zero-order valence-corrected chi connectivity index (χ0v) is 14.9. The molecule has 0 radical (unpaired) electrons. The Labute approximate surface area is 151 Å². The molecule has 1 N–H and O–H groups in total. The molecular formula is C20H22N4O2. The summed E-state index contributed by atoms with van der Waals surface area (Å²) in [5.74, 6) is 1.44. The van der Waals surface area contributed by atoms with Gasteiger partial charge in [0.25, 0.3) is 5.56 Å². The van der Waals surface area contributed by atoms with Gasteiger partial charge in [0.1, 0.15) is 5.75 Å². The van der Waals surface area contributed by atoms with Crippen LogP contribution in [0.3, 0.4) is 0 Å². The average molecular weight is 350 g/mol. The summed E-state index contributed by atoms with van der Waals surface area (Å²) in [6.07, 6.45) is 5.19. The van der Waals surface area contributed by atoms with Gasteiger partial charge in [-0.2, -0.15) is 4.98 Å². The van der Waals surface area contributed by atoms with Gasteiger partial charge in [0.2, 0.25) is 5.95 Å². The second-order valence-electron chi connectivity index (χ2n) is 6.45. The van der Waals surface area contributed by atoms with E-state index in [9.17, 15) is 4.79 Å². The summed E-state index contributed by atoms with van der Waals surface area (Å²) >= 11 is 0. The van der Waals surface area contributed by atoms with Gasteiger partial charge < -0.3 is 9.64 Å². The third-order valence-electron chi connectivity index (χ3n) is 4.73. The molecule has 0 aliphatic carbocycles. The Morgan fingerprint density at radius 1 is 1.12 bits per heavy atom. The van der Waals surface area contributed by atoms with Crippen molar-refractivity contribution < 1.29 is 4.74 Å². The Morgan fingerprint density at radius 3 is 2.62 bits per heavy atom. The van der Waals surface area contributed by atoms with Gasteiger partial charge >= 0.3 is 0 Å². The third-order valence-corrected chi connectivity index (χ3v) is 4.73. The number of fused-ring (bicyclic) bond motifs is 1. The lowest BCUT2D eigenvalue weighted by atomic mass is 10.0. The van der Waals surface area contributed by atoms with E-state index in [2.05, 4.69) is 19.9 Å². The van der Waals surface area contributed by atoms with Crippen molar-refractivity contribution >= 4 is 17.0 Å². The van der Waals surface area contributed by atoms with E-state index in [1.807, 2.05) is 37.3 Å². The second-order valence-corrected chi connectivity index (χ2v) is 6.45. The summed E-state index contributed by atoms with van der Waals surface area (Å²) in [6, 6.07) is 9.59.